The number of rotatable bonds is 6. The van der Waals surface area contributed by atoms with Crippen LogP contribution in [0.2, 0.25) is 0 Å². The molecule has 2 heterocycles. The van der Waals surface area contributed by atoms with Gasteiger partial charge in [-0.25, -0.2) is 9.67 Å². The van der Waals surface area contributed by atoms with E-state index in [1.54, 1.807) is 35.3 Å². The fourth-order valence-corrected chi connectivity index (χ4v) is 2.66. The second-order valence-corrected chi connectivity index (χ2v) is 6.09. The number of benzene rings is 2. The van der Waals surface area contributed by atoms with Crippen molar-refractivity contribution < 1.29 is 9.53 Å². The molecule has 0 unspecified atom stereocenters. The Balaban J connectivity index is 1.42. The number of carbonyl (C=O) groups excluding carboxylic acids is 1. The van der Waals surface area contributed by atoms with E-state index in [-0.39, 0.29) is 5.91 Å². The average molecular weight is 370 g/mol. The number of nitrogens with zero attached hydrogens (tertiary/aromatic N) is 3. The molecule has 6 nitrogen and oxygen atoms in total. The lowest BCUT2D eigenvalue weighted by Crippen LogP contribution is -2.13. The standard InChI is InChI=1S/C22H18N4O2/c27-22(24-20-12-14-26(25-20)19-9-5-2-6-10-19)18-11-13-23-21(15-18)28-16-17-7-3-1-4-8-17/h1-15H,16H2,(H,24,25,27). The smallest absolute Gasteiger partial charge is 0.257 e. The zero-order valence-corrected chi connectivity index (χ0v) is 15.0. The van der Waals surface area contributed by atoms with E-state index in [2.05, 4.69) is 15.4 Å². The summed E-state index contributed by atoms with van der Waals surface area (Å²) in [6, 6.07) is 24.5. The van der Waals surface area contributed by atoms with Gasteiger partial charge in [0.05, 0.1) is 5.69 Å². The second kappa shape index (κ2) is 8.18. The van der Waals surface area contributed by atoms with Crippen LogP contribution in [0.4, 0.5) is 5.82 Å². The van der Waals surface area contributed by atoms with Crippen molar-refractivity contribution in [3.8, 4) is 11.6 Å². The highest BCUT2D eigenvalue weighted by atomic mass is 16.5. The SMILES string of the molecule is O=C(Nc1ccn(-c2ccccc2)n1)c1ccnc(OCc2ccccc2)c1. The van der Waals surface area contributed by atoms with Gasteiger partial charge in [0, 0.05) is 30.1 Å². The lowest BCUT2D eigenvalue weighted by molar-refractivity contribution is 0.102. The number of aromatic nitrogens is 3. The molecule has 2 aromatic carbocycles. The van der Waals surface area contributed by atoms with E-state index in [1.807, 2.05) is 60.7 Å². The van der Waals surface area contributed by atoms with Crippen LogP contribution < -0.4 is 10.1 Å². The summed E-state index contributed by atoms with van der Waals surface area (Å²) in [5.74, 6) is 0.592. The molecule has 28 heavy (non-hydrogen) atoms. The minimum Gasteiger partial charge on any atom is -0.473 e. The maximum absolute atomic E-state index is 12.5. The summed E-state index contributed by atoms with van der Waals surface area (Å²) in [6.07, 6.45) is 3.35. The third-order valence-corrected chi connectivity index (χ3v) is 4.08. The zero-order valence-electron chi connectivity index (χ0n) is 15.0. The van der Waals surface area contributed by atoms with Crippen LogP contribution in [0.15, 0.2) is 91.3 Å². The maximum atomic E-state index is 12.5. The van der Waals surface area contributed by atoms with Gasteiger partial charge in [0.15, 0.2) is 5.82 Å². The molecule has 0 aliphatic rings. The zero-order chi connectivity index (χ0) is 19.2. The van der Waals surface area contributed by atoms with E-state index in [0.29, 0.717) is 23.9 Å². The van der Waals surface area contributed by atoms with Gasteiger partial charge in [-0.05, 0) is 23.8 Å². The van der Waals surface area contributed by atoms with Gasteiger partial charge < -0.3 is 10.1 Å². The third kappa shape index (κ3) is 4.24. The number of amides is 1. The summed E-state index contributed by atoms with van der Waals surface area (Å²) in [6.45, 7) is 0.389. The topological polar surface area (TPSA) is 69.0 Å². The lowest BCUT2D eigenvalue weighted by atomic mass is 10.2. The molecule has 6 heteroatoms. The van der Waals surface area contributed by atoms with E-state index in [4.69, 9.17) is 4.74 Å². The van der Waals surface area contributed by atoms with Crippen molar-refractivity contribution in [2.75, 3.05) is 5.32 Å². The Kier molecular flexibility index (Phi) is 5.11. The molecular weight excluding hydrogens is 352 g/mol. The molecule has 4 rings (SSSR count). The van der Waals surface area contributed by atoms with Crippen molar-refractivity contribution in [3.63, 3.8) is 0 Å². The van der Waals surface area contributed by atoms with E-state index in [9.17, 15) is 4.79 Å². The van der Waals surface area contributed by atoms with Crippen molar-refractivity contribution in [1.82, 2.24) is 14.8 Å². The Morgan fingerprint density at radius 1 is 0.964 bits per heavy atom. The average Bonchev–Trinajstić information content (AvgIpc) is 3.22. The van der Waals surface area contributed by atoms with Gasteiger partial charge in [-0.2, -0.15) is 5.10 Å². The quantitative estimate of drug-likeness (QED) is 0.555. The van der Waals surface area contributed by atoms with Crippen molar-refractivity contribution in [2.45, 2.75) is 6.61 Å². The molecule has 1 N–H and O–H groups in total. The first-order valence-electron chi connectivity index (χ1n) is 8.83. The van der Waals surface area contributed by atoms with Crippen LogP contribution in [0.1, 0.15) is 15.9 Å². The number of hydrogen-bond donors (Lipinski definition) is 1. The molecule has 0 bridgehead atoms. The van der Waals surface area contributed by atoms with Crippen molar-refractivity contribution in [3.05, 3.63) is 102 Å². The van der Waals surface area contributed by atoms with Crippen molar-refractivity contribution >= 4 is 11.7 Å². The summed E-state index contributed by atoms with van der Waals surface area (Å²) >= 11 is 0. The lowest BCUT2D eigenvalue weighted by Gasteiger charge is -2.07. The number of pyridine rings is 1. The van der Waals surface area contributed by atoms with Gasteiger partial charge in [-0.3, -0.25) is 4.79 Å². The summed E-state index contributed by atoms with van der Waals surface area (Å²) in [5, 5.41) is 7.18. The van der Waals surface area contributed by atoms with Crippen LogP contribution in [0.25, 0.3) is 5.69 Å². The number of hydrogen-bond acceptors (Lipinski definition) is 4. The Morgan fingerprint density at radius 2 is 1.71 bits per heavy atom. The maximum Gasteiger partial charge on any atom is 0.257 e. The Labute approximate surface area is 162 Å². The number of nitrogens with one attached hydrogen (secondary N) is 1. The number of anilines is 1. The van der Waals surface area contributed by atoms with Gasteiger partial charge in [-0.15, -0.1) is 0 Å². The first kappa shape index (κ1) is 17.5. The summed E-state index contributed by atoms with van der Waals surface area (Å²) < 4.78 is 7.39. The normalized spacial score (nSPS) is 10.4. The van der Waals surface area contributed by atoms with Gasteiger partial charge in [0.25, 0.3) is 5.91 Å². The van der Waals surface area contributed by atoms with Gasteiger partial charge in [0.2, 0.25) is 5.88 Å². The van der Waals surface area contributed by atoms with E-state index in [1.165, 1.54) is 0 Å². The highest BCUT2D eigenvalue weighted by molar-refractivity contribution is 6.03. The number of ether oxygens (including phenoxy) is 1. The summed E-state index contributed by atoms with van der Waals surface area (Å²) in [5.41, 5.74) is 2.40. The first-order chi connectivity index (χ1) is 13.8. The molecule has 0 aliphatic heterocycles. The van der Waals surface area contributed by atoms with Crippen molar-refractivity contribution in [2.24, 2.45) is 0 Å². The minimum absolute atomic E-state index is 0.273. The van der Waals surface area contributed by atoms with E-state index < -0.39 is 0 Å². The predicted molar refractivity (Wildman–Crippen MR) is 107 cm³/mol. The number of para-hydroxylation sites is 1. The van der Waals surface area contributed by atoms with Gasteiger partial charge in [0.1, 0.15) is 6.61 Å². The highest BCUT2D eigenvalue weighted by Crippen LogP contribution is 2.15. The molecule has 0 saturated heterocycles. The fourth-order valence-electron chi connectivity index (χ4n) is 2.66. The molecule has 0 radical (unpaired) electrons. The van der Waals surface area contributed by atoms with Gasteiger partial charge in [-0.1, -0.05) is 48.5 Å². The molecular formula is C22H18N4O2. The molecule has 0 spiro atoms. The van der Waals surface area contributed by atoms with Gasteiger partial charge >= 0.3 is 0 Å². The Morgan fingerprint density at radius 3 is 2.50 bits per heavy atom. The number of carbonyl (C=O) groups is 1. The molecule has 4 aromatic rings. The van der Waals surface area contributed by atoms with E-state index >= 15 is 0 Å². The minimum atomic E-state index is -0.273. The van der Waals surface area contributed by atoms with Crippen molar-refractivity contribution in [1.29, 1.82) is 0 Å². The van der Waals surface area contributed by atoms with Crippen LogP contribution >= 0.6 is 0 Å². The summed E-state index contributed by atoms with van der Waals surface area (Å²) in [4.78, 5) is 16.7. The molecule has 0 fully saturated rings. The molecule has 138 valence electrons. The van der Waals surface area contributed by atoms with Crippen LogP contribution in [-0.2, 0) is 6.61 Å². The predicted octanol–water partition coefficient (Wildman–Crippen LogP) is 4.10. The Hall–Kier alpha value is -3.93. The molecule has 2 aromatic heterocycles. The Bertz CT molecular complexity index is 1060. The highest BCUT2D eigenvalue weighted by Gasteiger charge is 2.10. The van der Waals surface area contributed by atoms with Crippen LogP contribution in [-0.4, -0.2) is 20.7 Å². The fraction of sp³-hybridized carbons (Fsp3) is 0.0455. The van der Waals surface area contributed by atoms with Crippen LogP contribution in [0.5, 0.6) is 5.88 Å². The summed E-state index contributed by atoms with van der Waals surface area (Å²) in [7, 11) is 0. The monoisotopic (exact) mass is 370 g/mol. The van der Waals surface area contributed by atoms with Crippen LogP contribution in [0.3, 0.4) is 0 Å². The van der Waals surface area contributed by atoms with E-state index in [0.717, 1.165) is 11.3 Å². The molecule has 1 amide bonds. The largest absolute Gasteiger partial charge is 0.473 e. The van der Waals surface area contributed by atoms with Crippen LogP contribution in [0, 0.1) is 0 Å². The second-order valence-electron chi connectivity index (χ2n) is 6.09. The third-order valence-electron chi connectivity index (χ3n) is 4.08. The molecule has 0 saturated carbocycles. The molecule has 0 aliphatic carbocycles. The molecule has 0 atom stereocenters. The first-order valence-corrected chi connectivity index (χ1v) is 8.83.